The minimum Gasteiger partial charge on any atom is -0.480 e. The smallest absolute Gasteiger partial charge is 0.328 e. The first-order chi connectivity index (χ1) is 7.97. The molecule has 17 heavy (non-hydrogen) atoms. The number of furan rings is 1. The Labute approximate surface area is 98.2 Å². The molecule has 94 valence electrons. The van der Waals surface area contributed by atoms with Crippen LogP contribution in [0.4, 0.5) is 0 Å². The molecule has 6 nitrogen and oxygen atoms in total. The number of amides is 1. The lowest BCUT2D eigenvalue weighted by Crippen LogP contribution is -2.47. The van der Waals surface area contributed by atoms with Gasteiger partial charge in [-0.05, 0) is 13.0 Å². The molecule has 0 aliphatic carbocycles. The average Bonchev–Trinajstić information content (AvgIpc) is 2.72. The number of carboxylic acid groups (broad SMARTS) is 1. The van der Waals surface area contributed by atoms with Gasteiger partial charge >= 0.3 is 5.97 Å². The molecule has 0 aliphatic rings. The van der Waals surface area contributed by atoms with Gasteiger partial charge < -0.3 is 19.9 Å². The number of rotatable bonds is 5. The Balaban J connectivity index is 2.81. The Morgan fingerprint density at radius 2 is 2.18 bits per heavy atom. The third kappa shape index (κ3) is 3.07. The van der Waals surface area contributed by atoms with Crippen LogP contribution < -0.4 is 5.32 Å². The third-order valence-corrected chi connectivity index (χ3v) is 2.35. The number of nitrogens with one attached hydrogen (secondary N) is 1. The van der Waals surface area contributed by atoms with Gasteiger partial charge in [0.15, 0.2) is 6.04 Å². The van der Waals surface area contributed by atoms with Crippen LogP contribution in [-0.2, 0) is 11.2 Å². The van der Waals surface area contributed by atoms with E-state index in [4.69, 9.17) is 9.52 Å². The van der Waals surface area contributed by atoms with E-state index in [0.717, 1.165) is 0 Å². The van der Waals surface area contributed by atoms with E-state index in [1.165, 1.54) is 19.3 Å². The van der Waals surface area contributed by atoms with Crippen molar-refractivity contribution in [3.63, 3.8) is 0 Å². The molecule has 0 spiro atoms. The summed E-state index contributed by atoms with van der Waals surface area (Å²) in [6.07, 6.45) is 0.724. The topological polar surface area (TPSA) is 99.8 Å². The average molecular weight is 241 g/mol. The van der Waals surface area contributed by atoms with Gasteiger partial charge in [-0.25, -0.2) is 4.79 Å². The van der Waals surface area contributed by atoms with Gasteiger partial charge in [0, 0.05) is 6.42 Å². The van der Waals surface area contributed by atoms with Crippen molar-refractivity contribution in [1.82, 2.24) is 5.32 Å². The molecule has 1 aromatic heterocycles. The Morgan fingerprint density at radius 3 is 2.65 bits per heavy atom. The second-order valence-electron chi connectivity index (χ2n) is 3.64. The van der Waals surface area contributed by atoms with Crippen LogP contribution in [-0.4, -0.2) is 34.2 Å². The second-order valence-corrected chi connectivity index (χ2v) is 3.64. The molecule has 0 unspecified atom stereocenters. The fraction of sp³-hybridized carbons (Fsp3) is 0.455. The molecule has 3 N–H and O–H groups in total. The van der Waals surface area contributed by atoms with E-state index in [-0.39, 0.29) is 0 Å². The van der Waals surface area contributed by atoms with Gasteiger partial charge in [-0.3, -0.25) is 4.79 Å². The Kier molecular flexibility index (Phi) is 4.28. The van der Waals surface area contributed by atoms with Crippen LogP contribution in [0.1, 0.15) is 30.0 Å². The summed E-state index contributed by atoms with van der Waals surface area (Å²) in [5.74, 6) is -1.36. The second kappa shape index (κ2) is 5.49. The molecule has 0 bridgehead atoms. The van der Waals surface area contributed by atoms with Crippen molar-refractivity contribution >= 4 is 11.9 Å². The summed E-state index contributed by atoms with van der Waals surface area (Å²) < 4.78 is 5.07. The molecule has 0 aliphatic heterocycles. The van der Waals surface area contributed by atoms with Gasteiger partial charge in [-0.15, -0.1) is 0 Å². The number of aliphatic carboxylic acids is 1. The van der Waals surface area contributed by atoms with Crippen LogP contribution >= 0.6 is 0 Å². The minimum atomic E-state index is -1.33. The summed E-state index contributed by atoms with van der Waals surface area (Å²) in [5.41, 5.74) is 0.291. The highest BCUT2D eigenvalue weighted by atomic mass is 16.4. The molecule has 0 radical (unpaired) electrons. The van der Waals surface area contributed by atoms with E-state index in [1.807, 2.05) is 6.92 Å². The van der Waals surface area contributed by atoms with E-state index in [0.29, 0.717) is 17.7 Å². The number of hydrogen-bond acceptors (Lipinski definition) is 4. The standard InChI is InChI=1S/C11H15NO5/c1-3-8-7(4-5-17-8)10(14)12-9(6(2)13)11(15)16/h4-6,9,13H,3H2,1-2H3,(H,12,14)(H,15,16)/t6-,9+/m1/s1. The fourth-order valence-corrected chi connectivity index (χ4v) is 1.42. The van der Waals surface area contributed by atoms with E-state index in [2.05, 4.69) is 5.32 Å². The van der Waals surface area contributed by atoms with Gasteiger partial charge in [0.1, 0.15) is 5.76 Å². The van der Waals surface area contributed by atoms with Crippen molar-refractivity contribution in [1.29, 1.82) is 0 Å². The van der Waals surface area contributed by atoms with Gasteiger partial charge in [0.05, 0.1) is 17.9 Å². The monoisotopic (exact) mass is 241 g/mol. The zero-order chi connectivity index (χ0) is 13.0. The maximum Gasteiger partial charge on any atom is 0.328 e. The van der Waals surface area contributed by atoms with Crippen LogP contribution in [0.5, 0.6) is 0 Å². The summed E-state index contributed by atoms with van der Waals surface area (Å²) in [6.45, 7) is 3.12. The number of hydrogen-bond donors (Lipinski definition) is 3. The van der Waals surface area contributed by atoms with E-state index in [9.17, 15) is 14.7 Å². The number of aryl methyl sites for hydroxylation is 1. The van der Waals surface area contributed by atoms with Gasteiger partial charge in [-0.1, -0.05) is 6.92 Å². The summed E-state index contributed by atoms with van der Waals surface area (Å²) >= 11 is 0. The Bertz CT molecular complexity index is 410. The number of carbonyl (C=O) groups excluding carboxylic acids is 1. The predicted octanol–water partition coefficient (Wildman–Crippen LogP) is 0.406. The first-order valence-corrected chi connectivity index (χ1v) is 5.25. The number of carbonyl (C=O) groups is 2. The zero-order valence-electron chi connectivity index (χ0n) is 9.64. The SMILES string of the molecule is CCc1occc1C(=O)N[C@H](C(=O)O)[C@@H](C)O. The lowest BCUT2D eigenvalue weighted by molar-refractivity contribution is -0.141. The highest BCUT2D eigenvalue weighted by molar-refractivity contribution is 5.97. The number of carboxylic acids is 1. The summed E-state index contributed by atoms with van der Waals surface area (Å²) in [5, 5.41) is 20.3. The molecule has 1 rings (SSSR count). The largest absolute Gasteiger partial charge is 0.480 e. The molecule has 2 atom stereocenters. The maximum atomic E-state index is 11.8. The molecule has 1 heterocycles. The normalized spacial score (nSPS) is 14.1. The molecular weight excluding hydrogens is 226 g/mol. The van der Waals surface area contributed by atoms with Crippen molar-refractivity contribution in [2.45, 2.75) is 32.4 Å². The molecule has 6 heteroatoms. The molecular formula is C11H15NO5. The van der Waals surface area contributed by atoms with Crippen molar-refractivity contribution < 1.29 is 24.2 Å². The predicted molar refractivity (Wildman–Crippen MR) is 58.7 cm³/mol. The zero-order valence-corrected chi connectivity index (χ0v) is 9.64. The molecule has 0 aromatic carbocycles. The van der Waals surface area contributed by atoms with E-state index in [1.54, 1.807) is 0 Å². The quantitative estimate of drug-likeness (QED) is 0.693. The number of aliphatic hydroxyl groups is 1. The van der Waals surface area contributed by atoms with Crippen molar-refractivity contribution in [3.8, 4) is 0 Å². The minimum absolute atomic E-state index is 0.291. The highest BCUT2D eigenvalue weighted by Crippen LogP contribution is 2.11. The van der Waals surface area contributed by atoms with Crippen molar-refractivity contribution in [2.75, 3.05) is 0 Å². The number of aliphatic hydroxyl groups excluding tert-OH is 1. The fourth-order valence-electron chi connectivity index (χ4n) is 1.42. The Hall–Kier alpha value is -1.82. The van der Waals surface area contributed by atoms with E-state index < -0.39 is 24.0 Å². The van der Waals surface area contributed by atoms with Crippen molar-refractivity contribution in [2.24, 2.45) is 0 Å². The lowest BCUT2D eigenvalue weighted by atomic mass is 10.1. The van der Waals surface area contributed by atoms with Gasteiger partial charge in [0.2, 0.25) is 0 Å². The maximum absolute atomic E-state index is 11.8. The summed E-state index contributed by atoms with van der Waals surface area (Å²) in [4.78, 5) is 22.6. The van der Waals surface area contributed by atoms with Crippen LogP contribution in [0.15, 0.2) is 16.7 Å². The third-order valence-electron chi connectivity index (χ3n) is 2.35. The molecule has 0 fully saturated rings. The van der Waals surface area contributed by atoms with Crippen LogP contribution in [0, 0.1) is 0 Å². The summed E-state index contributed by atoms with van der Waals surface area (Å²) in [7, 11) is 0. The first-order valence-electron chi connectivity index (χ1n) is 5.25. The van der Waals surface area contributed by atoms with Crippen LogP contribution in [0.3, 0.4) is 0 Å². The van der Waals surface area contributed by atoms with Crippen LogP contribution in [0.25, 0.3) is 0 Å². The highest BCUT2D eigenvalue weighted by Gasteiger charge is 2.26. The molecule has 0 saturated carbocycles. The van der Waals surface area contributed by atoms with E-state index >= 15 is 0 Å². The van der Waals surface area contributed by atoms with Gasteiger partial charge in [-0.2, -0.15) is 0 Å². The molecule has 0 saturated heterocycles. The lowest BCUT2D eigenvalue weighted by Gasteiger charge is -2.16. The molecule has 1 aromatic rings. The summed E-state index contributed by atoms with van der Waals surface area (Å²) in [6, 6.07) is 0.136. The van der Waals surface area contributed by atoms with Crippen molar-refractivity contribution in [3.05, 3.63) is 23.7 Å². The Morgan fingerprint density at radius 1 is 1.53 bits per heavy atom. The first kappa shape index (κ1) is 13.2. The van der Waals surface area contributed by atoms with Gasteiger partial charge in [0.25, 0.3) is 5.91 Å². The van der Waals surface area contributed by atoms with Crippen LogP contribution in [0.2, 0.25) is 0 Å². The molecule has 1 amide bonds.